The average molecular weight is 290 g/mol. The molecule has 0 aliphatic carbocycles. The summed E-state index contributed by atoms with van der Waals surface area (Å²) >= 11 is 0. The standard InChI is InChI=1S/C9H8F6N2O2/c10-8(11,12)7-4(2-16)1-6(5(3-18)17-7)19-9(13,14)15/h1,18H,2-3,16H2. The van der Waals surface area contributed by atoms with E-state index in [0.717, 1.165) is 0 Å². The Morgan fingerprint density at radius 1 is 1.21 bits per heavy atom. The highest BCUT2D eigenvalue weighted by Gasteiger charge is 2.38. The first-order valence-electron chi connectivity index (χ1n) is 4.75. The molecule has 0 aliphatic rings. The van der Waals surface area contributed by atoms with Crippen molar-refractivity contribution in [1.29, 1.82) is 0 Å². The van der Waals surface area contributed by atoms with Crippen molar-refractivity contribution in [2.45, 2.75) is 25.7 Å². The van der Waals surface area contributed by atoms with E-state index in [1.54, 1.807) is 0 Å². The van der Waals surface area contributed by atoms with Gasteiger partial charge in [-0.15, -0.1) is 13.2 Å². The van der Waals surface area contributed by atoms with Crippen molar-refractivity contribution in [3.8, 4) is 5.75 Å². The SMILES string of the molecule is NCc1cc(OC(F)(F)F)c(CO)nc1C(F)(F)F. The van der Waals surface area contributed by atoms with E-state index in [4.69, 9.17) is 10.8 Å². The monoisotopic (exact) mass is 290 g/mol. The van der Waals surface area contributed by atoms with Gasteiger partial charge in [0, 0.05) is 12.1 Å². The molecule has 4 nitrogen and oxygen atoms in total. The second-order valence-electron chi connectivity index (χ2n) is 3.35. The van der Waals surface area contributed by atoms with Crippen LogP contribution in [0.5, 0.6) is 5.75 Å². The van der Waals surface area contributed by atoms with Gasteiger partial charge in [-0.05, 0) is 6.07 Å². The van der Waals surface area contributed by atoms with E-state index in [0.29, 0.717) is 6.07 Å². The first-order chi connectivity index (χ1) is 8.58. The topological polar surface area (TPSA) is 68.4 Å². The summed E-state index contributed by atoms with van der Waals surface area (Å²) < 4.78 is 77.3. The molecule has 19 heavy (non-hydrogen) atoms. The fourth-order valence-corrected chi connectivity index (χ4v) is 1.30. The molecule has 1 aromatic rings. The van der Waals surface area contributed by atoms with Gasteiger partial charge in [0.2, 0.25) is 0 Å². The molecule has 10 heteroatoms. The predicted molar refractivity (Wildman–Crippen MR) is 49.7 cm³/mol. The lowest BCUT2D eigenvalue weighted by Crippen LogP contribution is -2.21. The van der Waals surface area contributed by atoms with Gasteiger partial charge in [0.1, 0.15) is 11.4 Å². The van der Waals surface area contributed by atoms with Crippen LogP contribution in [0, 0.1) is 0 Å². The quantitative estimate of drug-likeness (QED) is 0.835. The van der Waals surface area contributed by atoms with Gasteiger partial charge in [0.05, 0.1) is 6.61 Å². The van der Waals surface area contributed by atoms with Crippen LogP contribution in [-0.4, -0.2) is 16.5 Å². The molecule has 0 radical (unpaired) electrons. The number of hydrogen-bond donors (Lipinski definition) is 2. The number of aliphatic hydroxyl groups excluding tert-OH is 1. The molecule has 0 unspecified atom stereocenters. The molecular formula is C9H8F6N2O2. The van der Waals surface area contributed by atoms with Crippen molar-refractivity contribution in [3.05, 3.63) is 23.0 Å². The molecule has 0 aliphatic heterocycles. The lowest BCUT2D eigenvalue weighted by Gasteiger charge is -2.16. The molecule has 108 valence electrons. The number of ether oxygens (including phenoxy) is 1. The van der Waals surface area contributed by atoms with E-state index in [1.165, 1.54) is 0 Å². The van der Waals surface area contributed by atoms with Gasteiger partial charge in [-0.25, -0.2) is 4.98 Å². The summed E-state index contributed by atoms with van der Waals surface area (Å²) in [5.41, 5.74) is 2.05. The zero-order valence-corrected chi connectivity index (χ0v) is 9.14. The zero-order valence-electron chi connectivity index (χ0n) is 9.14. The van der Waals surface area contributed by atoms with Crippen LogP contribution in [0.2, 0.25) is 0 Å². The lowest BCUT2D eigenvalue weighted by molar-refractivity contribution is -0.275. The van der Waals surface area contributed by atoms with E-state index in [2.05, 4.69) is 9.72 Å². The highest BCUT2D eigenvalue weighted by atomic mass is 19.4. The molecule has 0 atom stereocenters. The van der Waals surface area contributed by atoms with Crippen LogP contribution in [0.25, 0.3) is 0 Å². The van der Waals surface area contributed by atoms with Crippen molar-refractivity contribution in [3.63, 3.8) is 0 Å². The zero-order chi connectivity index (χ0) is 14.8. The van der Waals surface area contributed by atoms with Crippen LogP contribution < -0.4 is 10.5 Å². The van der Waals surface area contributed by atoms with Crippen molar-refractivity contribution < 1.29 is 36.2 Å². The van der Waals surface area contributed by atoms with Gasteiger partial charge >= 0.3 is 12.5 Å². The second-order valence-corrected chi connectivity index (χ2v) is 3.35. The minimum Gasteiger partial charge on any atom is -0.404 e. The number of nitrogens with zero attached hydrogens (tertiary/aromatic N) is 1. The summed E-state index contributed by atoms with van der Waals surface area (Å²) in [6, 6.07) is 0.467. The molecule has 0 bridgehead atoms. The van der Waals surface area contributed by atoms with Crippen molar-refractivity contribution in [1.82, 2.24) is 4.98 Å². The number of pyridine rings is 1. The van der Waals surface area contributed by atoms with Crippen LogP contribution in [-0.2, 0) is 19.3 Å². The largest absolute Gasteiger partial charge is 0.573 e. The Balaban J connectivity index is 3.36. The highest BCUT2D eigenvalue weighted by Crippen LogP contribution is 2.35. The third-order valence-corrected chi connectivity index (χ3v) is 2.00. The van der Waals surface area contributed by atoms with Crippen LogP contribution in [0.15, 0.2) is 6.07 Å². The Morgan fingerprint density at radius 3 is 2.16 bits per heavy atom. The summed E-state index contributed by atoms with van der Waals surface area (Å²) in [4.78, 5) is 2.94. The van der Waals surface area contributed by atoms with Crippen molar-refractivity contribution in [2.75, 3.05) is 0 Å². The summed E-state index contributed by atoms with van der Waals surface area (Å²) in [6.07, 6.45) is -10.0. The van der Waals surface area contributed by atoms with Crippen molar-refractivity contribution in [2.24, 2.45) is 5.73 Å². The summed E-state index contributed by atoms with van der Waals surface area (Å²) in [7, 11) is 0. The maximum atomic E-state index is 12.6. The third kappa shape index (κ3) is 3.96. The van der Waals surface area contributed by atoms with Crippen LogP contribution >= 0.6 is 0 Å². The van der Waals surface area contributed by atoms with E-state index in [1.807, 2.05) is 0 Å². The van der Waals surface area contributed by atoms with Gasteiger partial charge in [-0.2, -0.15) is 13.2 Å². The number of hydrogen-bond acceptors (Lipinski definition) is 4. The average Bonchev–Trinajstić information content (AvgIpc) is 2.24. The predicted octanol–water partition coefficient (Wildman–Crippen LogP) is 1.95. The number of rotatable bonds is 3. The summed E-state index contributed by atoms with van der Waals surface area (Å²) in [5, 5.41) is 8.76. The molecule has 1 heterocycles. The molecule has 0 saturated carbocycles. The second kappa shape index (κ2) is 5.21. The van der Waals surface area contributed by atoms with Crippen LogP contribution in [0.1, 0.15) is 17.0 Å². The molecular weight excluding hydrogens is 282 g/mol. The molecule has 1 aromatic heterocycles. The van der Waals surface area contributed by atoms with Gasteiger partial charge in [0.25, 0.3) is 0 Å². The number of halogens is 6. The number of aliphatic hydroxyl groups is 1. The molecule has 0 aromatic carbocycles. The first-order valence-corrected chi connectivity index (χ1v) is 4.75. The number of alkyl halides is 6. The van der Waals surface area contributed by atoms with E-state index < -0.39 is 48.4 Å². The first kappa shape index (κ1) is 15.5. The maximum Gasteiger partial charge on any atom is 0.573 e. The Labute approximate surface area is 102 Å². The minimum atomic E-state index is -5.11. The molecule has 0 fully saturated rings. The molecule has 0 saturated heterocycles. The Hall–Kier alpha value is -1.55. The van der Waals surface area contributed by atoms with Crippen molar-refractivity contribution >= 4 is 0 Å². The normalized spacial score (nSPS) is 12.6. The third-order valence-electron chi connectivity index (χ3n) is 2.00. The molecule has 1 rings (SSSR count). The van der Waals surface area contributed by atoms with E-state index >= 15 is 0 Å². The summed E-state index contributed by atoms with van der Waals surface area (Å²) in [5.74, 6) is -1.01. The van der Waals surface area contributed by atoms with E-state index in [9.17, 15) is 26.3 Å². The van der Waals surface area contributed by atoms with E-state index in [-0.39, 0.29) is 0 Å². The Bertz CT molecular complexity index is 457. The fraction of sp³-hybridized carbons (Fsp3) is 0.444. The summed E-state index contributed by atoms with van der Waals surface area (Å²) in [6.45, 7) is -1.82. The molecule has 3 N–H and O–H groups in total. The number of nitrogens with two attached hydrogens (primary N) is 1. The van der Waals surface area contributed by atoms with Gasteiger partial charge < -0.3 is 15.6 Å². The number of aromatic nitrogens is 1. The Morgan fingerprint density at radius 2 is 1.79 bits per heavy atom. The minimum absolute atomic E-state index is 0.467. The lowest BCUT2D eigenvalue weighted by atomic mass is 10.1. The molecule has 0 spiro atoms. The van der Waals surface area contributed by atoms with Gasteiger partial charge in [-0.1, -0.05) is 0 Å². The van der Waals surface area contributed by atoms with Gasteiger partial charge in [-0.3, -0.25) is 0 Å². The smallest absolute Gasteiger partial charge is 0.404 e. The van der Waals surface area contributed by atoms with Crippen LogP contribution in [0.3, 0.4) is 0 Å². The fourth-order valence-electron chi connectivity index (χ4n) is 1.30. The maximum absolute atomic E-state index is 12.6. The highest BCUT2D eigenvalue weighted by molar-refractivity contribution is 5.36. The Kier molecular flexibility index (Phi) is 4.25. The van der Waals surface area contributed by atoms with Gasteiger partial charge in [0.15, 0.2) is 5.75 Å². The van der Waals surface area contributed by atoms with Crippen LogP contribution in [0.4, 0.5) is 26.3 Å². The molecule has 0 amide bonds.